The molecule has 0 saturated heterocycles. The van der Waals surface area contributed by atoms with Crippen LogP contribution in [0.5, 0.6) is 0 Å². The van der Waals surface area contributed by atoms with Gasteiger partial charge in [-0.05, 0) is 96.7 Å². The summed E-state index contributed by atoms with van der Waals surface area (Å²) in [7, 11) is 0. The Balaban J connectivity index is 1.27. The number of benzene rings is 4. The highest BCUT2D eigenvalue weighted by Crippen LogP contribution is 2.39. The van der Waals surface area contributed by atoms with E-state index in [1.807, 2.05) is 11.3 Å². The van der Waals surface area contributed by atoms with Crippen LogP contribution in [0.4, 0.5) is 0 Å². The lowest BCUT2D eigenvalue weighted by molar-refractivity contribution is 0.875. The van der Waals surface area contributed by atoms with E-state index in [0.29, 0.717) is 12.4 Å². The van der Waals surface area contributed by atoms with Gasteiger partial charge in [-0.2, -0.15) is 0 Å². The molecule has 222 valence electrons. The average Bonchev–Trinajstić information content (AvgIpc) is 3.24. The van der Waals surface area contributed by atoms with Gasteiger partial charge in [0.05, 0.1) is 6.54 Å². The van der Waals surface area contributed by atoms with Crippen LogP contribution in [0.25, 0.3) is 42.4 Å². The highest BCUT2D eigenvalue weighted by atomic mass is 32.1. The van der Waals surface area contributed by atoms with E-state index in [4.69, 9.17) is 15.7 Å². The van der Waals surface area contributed by atoms with E-state index >= 15 is 0 Å². The zero-order valence-electron chi connectivity index (χ0n) is 25.7. The number of nitrogens with zero attached hydrogens (tertiary/aromatic N) is 2. The largest absolute Gasteiger partial charge is 0.383 e. The van der Waals surface area contributed by atoms with Gasteiger partial charge in [0.1, 0.15) is 5.84 Å². The van der Waals surface area contributed by atoms with Crippen LogP contribution in [0.3, 0.4) is 0 Å². The van der Waals surface area contributed by atoms with Crippen molar-refractivity contribution in [3.05, 3.63) is 144 Å². The zero-order chi connectivity index (χ0) is 30.6. The van der Waals surface area contributed by atoms with Crippen molar-refractivity contribution in [1.29, 1.82) is 0 Å². The summed E-state index contributed by atoms with van der Waals surface area (Å²) >= 11 is 1.84. The Hall–Kier alpha value is -4.80. The van der Waals surface area contributed by atoms with Crippen LogP contribution in [0.15, 0.2) is 143 Å². The molecule has 2 aliphatic rings. The fourth-order valence-corrected chi connectivity index (χ4v) is 7.27. The van der Waals surface area contributed by atoms with E-state index in [2.05, 4.69) is 128 Å². The number of fused-ring (bicyclic) bond motifs is 3. The number of nitrogens with two attached hydrogens (primary N) is 1. The molecule has 0 fully saturated rings. The van der Waals surface area contributed by atoms with Gasteiger partial charge in [0.15, 0.2) is 5.84 Å². The Morgan fingerprint density at radius 3 is 2.44 bits per heavy atom. The number of rotatable bonds is 6. The first kappa shape index (κ1) is 28.9. The van der Waals surface area contributed by atoms with Crippen molar-refractivity contribution in [1.82, 2.24) is 0 Å². The third-order valence-corrected chi connectivity index (χ3v) is 9.76. The molecule has 0 aliphatic heterocycles. The minimum atomic E-state index is 0.540. The van der Waals surface area contributed by atoms with E-state index < -0.39 is 0 Å². The third-order valence-electron chi connectivity index (χ3n) is 8.62. The fraction of sp³-hybridized carbons (Fsp3) is 0.171. The van der Waals surface area contributed by atoms with Crippen LogP contribution in [-0.2, 0) is 6.54 Å². The van der Waals surface area contributed by atoms with Crippen molar-refractivity contribution in [2.45, 2.75) is 45.6 Å². The summed E-state index contributed by atoms with van der Waals surface area (Å²) in [6.07, 6.45) is 18.0. The molecule has 5 aromatic rings. The number of hydrogen-bond acceptors (Lipinski definition) is 2. The van der Waals surface area contributed by atoms with Gasteiger partial charge in [-0.1, -0.05) is 103 Å². The topological polar surface area (TPSA) is 50.7 Å². The standard InChI is InChI=1S/C41H37N3S/c1-28-19-21-29(22-20-28)32-15-9-16-33(25-32)34-23-24-37-36(26-34)39-35(17-10-18-38(39)45-37)27-43-41(31-13-7-4-8-14-31)44-40(42)30-11-5-2-3-6-12-30/h4-5,7,9-13,15-26H,2-3,6,8,14,27H2,1H3,(H2,42,43,44). The van der Waals surface area contributed by atoms with Gasteiger partial charge >= 0.3 is 0 Å². The predicted molar refractivity (Wildman–Crippen MR) is 195 cm³/mol. The predicted octanol–water partition coefficient (Wildman–Crippen LogP) is 10.9. The normalized spacial score (nSPS) is 15.8. The molecule has 0 saturated carbocycles. The number of thiophene rings is 1. The summed E-state index contributed by atoms with van der Waals surface area (Å²) in [6.45, 7) is 2.67. The summed E-state index contributed by atoms with van der Waals surface area (Å²) in [4.78, 5) is 10.1. The second-order valence-corrected chi connectivity index (χ2v) is 12.9. The maximum atomic E-state index is 6.58. The molecule has 2 N–H and O–H groups in total. The van der Waals surface area contributed by atoms with Crippen molar-refractivity contribution in [3.63, 3.8) is 0 Å². The third kappa shape index (κ3) is 6.38. The summed E-state index contributed by atoms with van der Waals surface area (Å²) in [5, 5.41) is 2.55. The van der Waals surface area contributed by atoms with Crippen molar-refractivity contribution in [2.24, 2.45) is 15.7 Å². The first-order valence-electron chi connectivity index (χ1n) is 15.9. The number of allylic oxidation sites excluding steroid dienone is 5. The van der Waals surface area contributed by atoms with Gasteiger partial charge in [-0.15, -0.1) is 11.3 Å². The summed E-state index contributed by atoms with van der Waals surface area (Å²) < 4.78 is 2.57. The Bertz CT molecular complexity index is 2070. The first-order chi connectivity index (χ1) is 22.1. The molecule has 0 bridgehead atoms. The smallest absolute Gasteiger partial charge is 0.153 e. The minimum Gasteiger partial charge on any atom is -0.383 e. The molecular weight excluding hydrogens is 567 g/mol. The van der Waals surface area contributed by atoms with Gasteiger partial charge in [-0.25, -0.2) is 4.99 Å². The summed E-state index contributed by atoms with van der Waals surface area (Å²) in [6, 6.07) is 31.1. The average molecular weight is 604 g/mol. The lowest BCUT2D eigenvalue weighted by Gasteiger charge is -2.11. The molecule has 4 aromatic carbocycles. The molecule has 4 heteroatoms. The number of aliphatic imine (C=N–C) groups is 2. The zero-order valence-corrected chi connectivity index (χ0v) is 26.5. The van der Waals surface area contributed by atoms with E-state index in [1.165, 1.54) is 53.6 Å². The Labute approximate surface area is 269 Å². The molecule has 0 spiro atoms. The van der Waals surface area contributed by atoms with Gasteiger partial charge in [-0.3, -0.25) is 4.99 Å². The van der Waals surface area contributed by atoms with Crippen molar-refractivity contribution >= 4 is 43.2 Å². The Morgan fingerprint density at radius 1 is 0.800 bits per heavy atom. The Kier molecular flexibility index (Phi) is 8.39. The Morgan fingerprint density at radius 2 is 1.60 bits per heavy atom. The van der Waals surface area contributed by atoms with Gasteiger partial charge in [0, 0.05) is 25.7 Å². The number of aryl methyl sites for hydroxylation is 1. The fourth-order valence-electron chi connectivity index (χ4n) is 6.13. The van der Waals surface area contributed by atoms with E-state index in [0.717, 1.165) is 49.1 Å². The highest BCUT2D eigenvalue weighted by Gasteiger charge is 2.14. The second-order valence-electron chi connectivity index (χ2n) is 11.8. The molecule has 7 rings (SSSR count). The monoisotopic (exact) mass is 603 g/mol. The van der Waals surface area contributed by atoms with Gasteiger partial charge in [0.2, 0.25) is 0 Å². The maximum Gasteiger partial charge on any atom is 0.153 e. The van der Waals surface area contributed by atoms with Crippen LogP contribution in [-0.4, -0.2) is 11.7 Å². The van der Waals surface area contributed by atoms with Crippen molar-refractivity contribution in [2.75, 3.05) is 0 Å². The quantitative estimate of drug-likeness (QED) is 0.152. The lowest BCUT2D eigenvalue weighted by atomic mass is 9.97. The van der Waals surface area contributed by atoms with Crippen LogP contribution in [0, 0.1) is 6.92 Å². The van der Waals surface area contributed by atoms with Gasteiger partial charge in [0.25, 0.3) is 0 Å². The molecule has 0 amide bonds. The first-order valence-corrected chi connectivity index (χ1v) is 16.7. The van der Waals surface area contributed by atoms with Crippen LogP contribution in [0.2, 0.25) is 0 Å². The lowest BCUT2D eigenvalue weighted by Crippen LogP contribution is -2.17. The molecule has 0 radical (unpaired) electrons. The summed E-state index contributed by atoms with van der Waals surface area (Å²) in [5.41, 5.74) is 16.1. The number of hydrogen-bond donors (Lipinski definition) is 1. The molecule has 1 aromatic heterocycles. The molecule has 3 nitrogen and oxygen atoms in total. The molecule has 45 heavy (non-hydrogen) atoms. The molecule has 0 unspecified atom stereocenters. The molecule has 2 aliphatic carbocycles. The second kappa shape index (κ2) is 13.1. The minimum absolute atomic E-state index is 0.540. The molecule has 1 heterocycles. The van der Waals surface area contributed by atoms with Crippen molar-refractivity contribution in [3.8, 4) is 22.3 Å². The van der Waals surface area contributed by atoms with Crippen LogP contribution in [0.1, 0.15) is 43.2 Å². The van der Waals surface area contributed by atoms with Crippen LogP contribution >= 0.6 is 11.3 Å². The molecular formula is C41H37N3S. The van der Waals surface area contributed by atoms with Crippen molar-refractivity contribution < 1.29 is 0 Å². The highest BCUT2D eigenvalue weighted by molar-refractivity contribution is 7.25. The van der Waals surface area contributed by atoms with E-state index in [-0.39, 0.29) is 0 Å². The summed E-state index contributed by atoms with van der Waals surface area (Å²) in [5.74, 6) is 1.28. The molecule has 0 atom stereocenters. The SMILES string of the molecule is Cc1ccc(-c2cccc(-c3ccc4sc5cccc(CN=C(N=C(N)C6=CCCCC=C6)C6=CC=CCC6)c5c4c3)c2)cc1. The van der Waals surface area contributed by atoms with E-state index in [1.54, 1.807) is 0 Å². The number of amidine groups is 2. The maximum absolute atomic E-state index is 6.58. The van der Waals surface area contributed by atoms with Gasteiger partial charge < -0.3 is 5.73 Å². The van der Waals surface area contributed by atoms with E-state index in [9.17, 15) is 0 Å². The van der Waals surface area contributed by atoms with Crippen LogP contribution < -0.4 is 5.73 Å².